The van der Waals surface area contributed by atoms with E-state index in [1.807, 2.05) is 24.4 Å². The number of fused-ring (bicyclic) bond motifs is 1. The van der Waals surface area contributed by atoms with Crippen LogP contribution in [0.15, 0.2) is 47.5 Å². The Labute approximate surface area is 199 Å². The molecule has 0 aliphatic carbocycles. The lowest BCUT2D eigenvalue weighted by molar-refractivity contribution is 0.306. The summed E-state index contributed by atoms with van der Waals surface area (Å²) in [6.45, 7) is 0.308. The van der Waals surface area contributed by atoms with E-state index >= 15 is 0 Å². The normalized spacial score (nSPS) is 14.2. The molecule has 0 saturated carbocycles. The number of pyridine rings is 1. The van der Waals surface area contributed by atoms with E-state index in [1.165, 1.54) is 0 Å². The summed E-state index contributed by atoms with van der Waals surface area (Å²) in [6, 6.07) is 13.7. The first-order valence-electron chi connectivity index (χ1n) is 9.56. The van der Waals surface area contributed by atoms with E-state index in [9.17, 15) is 5.26 Å². The predicted molar refractivity (Wildman–Crippen MR) is 127 cm³/mol. The van der Waals surface area contributed by atoms with Crippen molar-refractivity contribution in [2.75, 3.05) is 16.8 Å². The molecule has 1 aliphatic rings. The molecule has 11 heteroatoms. The molecule has 9 nitrogen and oxygen atoms in total. The van der Waals surface area contributed by atoms with Crippen molar-refractivity contribution in [1.82, 2.24) is 10.3 Å². The third kappa shape index (κ3) is 4.41. The van der Waals surface area contributed by atoms with Crippen LogP contribution in [0.5, 0.6) is 5.75 Å². The first-order valence-corrected chi connectivity index (χ1v) is 10.3. The Hall–Kier alpha value is -4.18. The third-order valence-electron chi connectivity index (χ3n) is 4.94. The highest BCUT2D eigenvalue weighted by Crippen LogP contribution is 2.42. The molecule has 1 aromatic heterocycles. The number of ether oxygens (including phenoxy) is 1. The predicted octanol–water partition coefficient (Wildman–Crippen LogP) is 3.95. The number of halogens is 2. The molecule has 0 saturated heterocycles. The van der Waals surface area contributed by atoms with Gasteiger partial charge in [-0.3, -0.25) is 5.32 Å². The van der Waals surface area contributed by atoms with Crippen LogP contribution in [0, 0.1) is 22.8 Å². The zero-order valence-electron chi connectivity index (χ0n) is 16.9. The van der Waals surface area contributed by atoms with E-state index in [0.717, 1.165) is 5.56 Å². The second-order valence-electron chi connectivity index (χ2n) is 7.01. The lowest BCUT2D eigenvalue weighted by atomic mass is 9.95. The van der Waals surface area contributed by atoms with Crippen LogP contribution < -0.4 is 26.8 Å². The molecule has 0 radical (unpaired) electrons. The highest BCUT2D eigenvalue weighted by molar-refractivity contribution is 6.32. The van der Waals surface area contributed by atoms with Crippen LogP contribution >= 0.6 is 23.2 Å². The Bertz CT molecular complexity index is 1340. The largest absolute Gasteiger partial charge is 0.487 e. The van der Waals surface area contributed by atoms with Gasteiger partial charge in [-0.1, -0.05) is 41.4 Å². The first kappa shape index (κ1) is 22.0. The number of hydrogen-bond acceptors (Lipinski definition) is 9. The highest BCUT2D eigenvalue weighted by atomic mass is 35.5. The molecule has 3 aromatic rings. The number of nitrogens with zero attached hydrogens (tertiary/aromatic N) is 4. The van der Waals surface area contributed by atoms with Gasteiger partial charge in [-0.05, 0) is 35.4 Å². The number of nitrogens with one attached hydrogen (secondary N) is 2. The van der Waals surface area contributed by atoms with Crippen molar-refractivity contribution in [1.29, 1.82) is 10.5 Å². The van der Waals surface area contributed by atoms with Crippen molar-refractivity contribution < 1.29 is 4.74 Å². The molecule has 0 spiro atoms. The molecule has 164 valence electrons. The zero-order valence-corrected chi connectivity index (χ0v) is 18.4. The summed E-state index contributed by atoms with van der Waals surface area (Å²) in [5, 5.41) is 24.8. The number of guanidine groups is 1. The fraction of sp³-hybridized carbons (Fsp3) is 0.0909. The SMILES string of the molecule is N#CNC1=NC(c2ccc(OCc3ccc(Cl)cc3)c(Cl)c2)c2c(nc(N)c(C#N)c2N)N1. The van der Waals surface area contributed by atoms with Gasteiger partial charge in [0.05, 0.1) is 10.7 Å². The Morgan fingerprint density at radius 1 is 1.12 bits per heavy atom. The number of nitrogen functional groups attached to an aromatic ring is 2. The fourth-order valence-electron chi connectivity index (χ4n) is 3.37. The topological polar surface area (TPSA) is 158 Å². The van der Waals surface area contributed by atoms with Gasteiger partial charge in [0.2, 0.25) is 5.96 Å². The van der Waals surface area contributed by atoms with Gasteiger partial charge in [-0.25, -0.2) is 9.98 Å². The van der Waals surface area contributed by atoms with Crippen molar-refractivity contribution >= 4 is 46.5 Å². The summed E-state index contributed by atoms with van der Waals surface area (Å²) in [5.74, 6) is 0.901. The Kier molecular flexibility index (Phi) is 6.09. The highest BCUT2D eigenvalue weighted by Gasteiger charge is 2.30. The van der Waals surface area contributed by atoms with Crippen LogP contribution in [0.25, 0.3) is 0 Å². The minimum absolute atomic E-state index is 0.0258. The molecule has 1 unspecified atom stereocenters. The van der Waals surface area contributed by atoms with Crippen molar-refractivity contribution in [3.8, 4) is 18.0 Å². The number of aliphatic imine (C=N–C) groups is 1. The van der Waals surface area contributed by atoms with E-state index in [2.05, 4.69) is 20.6 Å². The number of rotatable bonds is 4. The monoisotopic (exact) mass is 478 g/mol. The lowest BCUT2D eigenvalue weighted by Crippen LogP contribution is -2.32. The molecule has 1 atom stereocenters. The van der Waals surface area contributed by atoms with Crippen molar-refractivity contribution in [2.45, 2.75) is 12.6 Å². The molecule has 0 bridgehead atoms. The summed E-state index contributed by atoms with van der Waals surface area (Å²) in [5.41, 5.74) is 14.4. The van der Waals surface area contributed by atoms with Gasteiger partial charge in [-0.15, -0.1) is 0 Å². The fourth-order valence-corrected chi connectivity index (χ4v) is 3.74. The average Bonchev–Trinajstić information content (AvgIpc) is 2.79. The Balaban J connectivity index is 1.69. The summed E-state index contributed by atoms with van der Waals surface area (Å²) in [6.07, 6.45) is 1.81. The number of nitrogens with two attached hydrogens (primary N) is 2. The second-order valence-corrected chi connectivity index (χ2v) is 7.85. The number of anilines is 3. The molecular formula is C22H16Cl2N8O. The smallest absolute Gasteiger partial charge is 0.211 e. The molecule has 6 N–H and O–H groups in total. The van der Waals surface area contributed by atoms with Crippen LogP contribution in [0.1, 0.15) is 28.3 Å². The quantitative estimate of drug-likeness (QED) is 0.324. The zero-order chi connectivity index (χ0) is 23.5. The maximum absolute atomic E-state index is 9.44. The number of benzene rings is 2. The van der Waals surface area contributed by atoms with E-state index < -0.39 is 6.04 Å². The standard InChI is InChI=1S/C22H16Cl2N8O/c23-13-4-1-11(2-5-13)9-33-16-6-3-12(7-15(16)24)19-17-18(27)14(8-25)20(28)31-21(17)32-22(30-19)29-10-26/h1-7,19H,9H2,(H6,27,28,29,30,31,32). The number of hydrogen-bond donors (Lipinski definition) is 4. The Morgan fingerprint density at radius 2 is 1.88 bits per heavy atom. The van der Waals surface area contributed by atoms with Gasteiger partial charge in [0.1, 0.15) is 41.7 Å². The van der Waals surface area contributed by atoms with E-state index in [0.29, 0.717) is 39.3 Å². The van der Waals surface area contributed by atoms with Crippen molar-refractivity contribution in [3.05, 3.63) is 74.8 Å². The average molecular weight is 479 g/mol. The number of nitriles is 2. The molecule has 4 rings (SSSR count). The van der Waals surface area contributed by atoms with Gasteiger partial charge in [0, 0.05) is 10.6 Å². The molecule has 0 fully saturated rings. The Morgan fingerprint density at radius 3 is 2.55 bits per heavy atom. The summed E-state index contributed by atoms with van der Waals surface area (Å²) in [7, 11) is 0. The minimum atomic E-state index is -0.694. The number of aromatic nitrogens is 1. The van der Waals surface area contributed by atoms with Gasteiger partial charge < -0.3 is 21.5 Å². The van der Waals surface area contributed by atoms with Crippen LogP contribution in [0.4, 0.5) is 17.3 Å². The molecule has 33 heavy (non-hydrogen) atoms. The van der Waals surface area contributed by atoms with Crippen LogP contribution in [0.3, 0.4) is 0 Å². The maximum Gasteiger partial charge on any atom is 0.211 e. The van der Waals surface area contributed by atoms with Crippen LogP contribution in [-0.4, -0.2) is 10.9 Å². The van der Waals surface area contributed by atoms with Gasteiger partial charge in [0.15, 0.2) is 6.19 Å². The van der Waals surface area contributed by atoms with Gasteiger partial charge in [-0.2, -0.15) is 10.5 Å². The third-order valence-corrected chi connectivity index (χ3v) is 5.48. The summed E-state index contributed by atoms with van der Waals surface area (Å²) < 4.78 is 5.83. The van der Waals surface area contributed by atoms with Crippen LogP contribution in [0.2, 0.25) is 10.0 Å². The van der Waals surface area contributed by atoms with E-state index in [1.54, 1.807) is 30.3 Å². The summed E-state index contributed by atoms with van der Waals surface area (Å²) in [4.78, 5) is 8.74. The molecule has 0 amide bonds. The van der Waals surface area contributed by atoms with Crippen molar-refractivity contribution in [2.24, 2.45) is 4.99 Å². The van der Waals surface area contributed by atoms with Crippen molar-refractivity contribution in [3.63, 3.8) is 0 Å². The molecule has 1 aliphatic heterocycles. The lowest BCUT2D eigenvalue weighted by Gasteiger charge is -2.26. The van der Waals surface area contributed by atoms with E-state index in [4.69, 9.17) is 44.7 Å². The molecule has 2 aromatic carbocycles. The minimum Gasteiger partial charge on any atom is -0.487 e. The van der Waals surface area contributed by atoms with Gasteiger partial charge >= 0.3 is 0 Å². The molecular weight excluding hydrogens is 463 g/mol. The van der Waals surface area contributed by atoms with Crippen LogP contribution in [-0.2, 0) is 6.61 Å². The van der Waals surface area contributed by atoms with E-state index in [-0.39, 0.29) is 23.0 Å². The molecule has 2 heterocycles. The first-order chi connectivity index (χ1) is 15.9. The van der Waals surface area contributed by atoms with Gasteiger partial charge in [0.25, 0.3) is 0 Å². The second kappa shape index (κ2) is 9.13. The summed E-state index contributed by atoms with van der Waals surface area (Å²) >= 11 is 12.4. The maximum atomic E-state index is 9.44.